The zero-order valence-corrected chi connectivity index (χ0v) is 21.4. The van der Waals surface area contributed by atoms with Gasteiger partial charge in [0.1, 0.15) is 24.2 Å². The van der Waals surface area contributed by atoms with Crippen LogP contribution in [0.2, 0.25) is 0 Å². The molecule has 1 unspecified atom stereocenters. The molecular weight excluding hydrogens is 538 g/mol. The number of aromatic nitrogens is 3. The third-order valence-electron chi connectivity index (χ3n) is 5.45. The van der Waals surface area contributed by atoms with E-state index in [0.717, 1.165) is 16.4 Å². The molecule has 16 heteroatoms. The fourth-order valence-electron chi connectivity index (χ4n) is 3.87. The number of fused-ring (bicyclic) bond motifs is 1. The first kappa shape index (κ1) is 26.7. The van der Waals surface area contributed by atoms with Crippen molar-refractivity contribution in [3.63, 3.8) is 0 Å². The van der Waals surface area contributed by atoms with E-state index in [1.807, 2.05) is 0 Å². The Morgan fingerprint density at radius 1 is 1.39 bits per heavy atom. The van der Waals surface area contributed by atoms with Crippen LogP contribution in [0.5, 0.6) is 0 Å². The van der Waals surface area contributed by atoms with Crippen molar-refractivity contribution >= 4 is 57.9 Å². The Morgan fingerprint density at radius 2 is 2.18 bits per heavy atom. The van der Waals surface area contributed by atoms with Gasteiger partial charge in [0, 0.05) is 28.9 Å². The molecule has 0 saturated carbocycles. The van der Waals surface area contributed by atoms with Gasteiger partial charge in [0.05, 0.1) is 6.42 Å². The van der Waals surface area contributed by atoms with E-state index in [1.165, 1.54) is 18.9 Å². The van der Waals surface area contributed by atoms with Crippen LogP contribution in [0.4, 0.5) is 5.13 Å². The second kappa shape index (κ2) is 11.4. The number of hydrogen-bond donors (Lipinski definition) is 4. The van der Waals surface area contributed by atoms with Gasteiger partial charge in [-0.3, -0.25) is 19.3 Å². The van der Waals surface area contributed by atoms with E-state index in [-0.39, 0.29) is 34.5 Å². The number of oxime groups is 1. The monoisotopic (exact) mass is 560 g/mol. The van der Waals surface area contributed by atoms with Crippen molar-refractivity contribution in [3.05, 3.63) is 59.3 Å². The number of pyridine rings is 1. The van der Waals surface area contributed by atoms with E-state index in [4.69, 9.17) is 15.7 Å². The Labute approximate surface area is 223 Å². The molecular formula is C22H22N7O7S2+. The molecule has 2 atom stereocenters. The summed E-state index contributed by atoms with van der Waals surface area (Å²) in [7, 11) is 1.24. The molecule has 2 aliphatic heterocycles. The first-order valence-corrected chi connectivity index (χ1v) is 12.8. The van der Waals surface area contributed by atoms with Gasteiger partial charge in [-0.25, -0.2) is 9.36 Å². The van der Waals surface area contributed by atoms with Gasteiger partial charge in [-0.2, -0.15) is 9.36 Å². The maximum absolute atomic E-state index is 12.9. The first-order chi connectivity index (χ1) is 18.2. The van der Waals surface area contributed by atoms with Gasteiger partial charge >= 0.3 is 11.9 Å². The van der Waals surface area contributed by atoms with Crippen LogP contribution in [0.3, 0.4) is 0 Å². The number of carbonyl (C=O) groups is 4. The van der Waals surface area contributed by atoms with Gasteiger partial charge in [-0.1, -0.05) is 11.2 Å². The molecule has 4 rings (SSSR count). The van der Waals surface area contributed by atoms with Gasteiger partial charge in [0.2, 0.25) is 11.5 Å². The van der Waals surface area contributed by atoms with Crippen LogP contribution >= 0.6 is 23.3 Å². The van der Waals surface area contributed by atoms with Crippen LogP contribution in [0.25, 0.3) is 0 Å². The molecule has 1 fully saturated rings. The molecule has 2 aromatic rings. The summed E-state index contributed by atoms with van der Waals surface area (Å²) in [4.78, 5) is 58.5. The van der Waals surface area contributed by atoms with Gasteiger partial charge < -0.3 is 26.1 Å². The molecule has 198 valence electrons. The minimum atomic E-state index is -1.27. The largest absolute Gasteiger partial charge is 0.481 e. The quantitative estimate of drug-likeness (QED) is 0.125. The predicted octanol–water partition coefficient (Wildman–Crippen LogP) is -0.620. The number of allylic oxidation sites excluding steroid dienone is 2. The highest BCUT2D eigenvalue weighted by molar-refractivity contribution is 8.00. The Bertz CT molecular complexity index is 1390. The number of β-lactam (4-membered cyclic amide) rings is 1. The fraction of sp³-hybridized carbons (Fsp3) is 0.273. The molecule has 2 amide bonds. The summed E-state index contributed by atoms with van der Waals surface area (Å²) in [6.07, 6.45) is 6.70. The summed E-state index contributed by atoms with van der Waals surface area (Å²) in [5.74, 6) is -3.34. The first-order valence-electron chi connectivity index (χ1n) is 11.0. The van der Waals surface area contributed by atoms with Gasteiger partial charge in [0.25, 0.3) is 11.8 Å². The van der Waals surface area contributed by atoms with E-state index in [0.29, 0.717) is 17.7 Å². The number of aliphatic carboxylic acids is 2. The summed E-state index contributed by atoms with van der Waals surface area (Å²) >= 11 is 2.17. The summed E-state index contributed by atoms with van der Waals surface area (Å²) in [6.45, 7) is 0.362. The van der Waals surface area contributed by atoms with Crippen LogP contribution < -0.4 is 15.6 Å². The normalized spacial score (nSPS) is 19.2. The number of amides is 2. The zero-order chi connectivity index (χ0) is 27.4. The molecule has 0 aliphatic carbocycles. The lowest BCUT2D eigenvalue weighted by Crippen LogP contribution is -2.71. The smallest absolute Gasteiger partial charge is 0.352 e. The predicted molar refractivity (Wildman–Crippen MR) is 135 cm³/mol. The van der Waals surface area contributed by atoms with Crippen molar-refractivity contribution in [2.75, 3.05) is 18.6 Å². The van der Waals surface area contributed by atoms with E-state index < -0.39 is 35.2 Å². The van der Waals surface area contributed by atoms with Gasteiger partial charge in [-0.15, -0.1) is 11.8 Å². The molecule has 5 N–H and O–H groups in total. The third-order valence-corrected chi connectivity index (χ3v) is 7.29. The number of carbonyl (C=O) groups excluding carboxylic acids is 2. The fourth-order valence-corrected chi connectivity index (χ4v) is 5.63. The van der Waals surface area contributed by atoms with Crippen LogP contribution in [-0.2, 0) is 37.0 Å². The van der Waals surface area contributed by atoms with Crippen molar-refractivity contribution < 1.29 is 38.8 Å². The minimum absolute atomic E-state index is 0.0586. The van der Waals surface area contributed by atoms with Crippen molar-refractivity contribution in [2.45, 2.75) is 24.4 Å². The van der Waals surface area contributed by atoms with E-state index in [9.17, 15) is 24.3 Å². The molecule has 14 nitrogen and oxygen atoms in total. The number of nitrogens with two attached hydrogens (primary N) is 1. The topological polar surface area (TPSA) is 201 Å². The number of thioether (sulfide) groups is 1. The van der Waals surface area contributed by atoms with Crippen molar-refractivity contribution in [3.8, 4) is 0 Å². The summed E-state index contributed by atoms with van der Waals surface area (Å²) in [6, 6.07) is 2.44. The zero-order valence-electron chi connectivity index (χ0n) is 19.8. The second-order valence-corrected chi connectivity index (χ2v) is 9.89. The second-order valence-electron chi connectivity index (χ2n) is 8.00. The minimum Gasteiger partial charge on any atom is -0.481 e. The number of carboxylic acids is 2. The molecule has 0 radical (unpaired) electrons. The summed E-state index contributed by atoms with van der Waals surface area (Å²) in [5.41, 5.74) is 6.20. The number of nitrogen functional groups attached to an aromatic ring is 1. The Hall–Kier alpha value is -4.31. The van der Waals surface area contributed by atoms with Crippen molar-refractivity contribution in [1.29, 1.82) is 0 Å². The average Bonchev–Trinajstić information content (AvgIpc) is 3.30. The molecule has 0 aromatic carbocycles. The lowest BCUT2D eigenvalue weighted by Gasteiger charge is -2.49. The SMILES string of the molecule is CON=C(C(=O)NC1C(=O)N2C(C(=O)O)=C(C=CC[n+]3cccc(CC(=O)O)c3)CS[C@@H]12)c1nsc(N)n1. The molecule has 0 bridgehead atoms. The number of hydrogen-bond acceptors (Lipinski definition) is 11. The number of carboxylic acid groups (broad SMARTS) is 2. The molecule has 0 spiro atoms. The lowest BCUT2D eigenvalue weighted by atomic mass is 10.0. The van der Waals surface area contributed by atoms with Gasteiger partial charge in [-0.05, 0) is 17.7 Å². The third kappa shape index (κ3) is 5.65. The highest BCUT2D eigenvalue weighted by Gasteiger charge is 2.54. The Morgan fingerprint density at radius 3 is 2.84 bits per heavy atom. The Kier molecular flexibility index (Phi) is 8.02. The summed E-state index contributed by atoms with van der Waals surface area (Å²) in [5, 5.41) is 24.5. The van der Waals surface area contributed by atoms with Crippen molar-refractivity contribution in [2.24, 2.45) is 5.16 Å². The number of nitrogens with zero attached hydrogens (tertiary/aromatic N) is 5. The van der Waals surface area contributed by atoms with Crippen molar-refractivity contribution in [1.82, 2.24) is 19.6 Å². The molecule has 38 heavy (non-hydrogen) atoms. The number of anilines is 1. The highest BCUT2D eigenvalue weighted by Crippen LogP contribution is 2.40. The number of rotatable bonds is 10. The standard InChI is InChI=1S/C22H21N7O7S2/c1-36-26-14(17-25-22(23)38-27-17)18(32)24-15-19(33)29-16(21(34)35)12(10-37-20(15)29)5-3-7-28-6-2-4-11(9-28)8-13(30)31/h2-6,9,15,20H,7-8,10H2,1H3,(H4-,23,24,25,27,30,31,32,34,35)/p+1/t15?,20-/m0/s1. The molecule has 1 saturated heterocycles. The van der Waals surface area contributed by atoms with Crippen LogP contribution in [0, 0.1) is 0 Å². The van der Waals surface area contributed by atoms with E-state index >= 15 is 0 Å². The van der Waals surface area contributed by atoms with E-state index in [2.05, 4.69) is 19.8 Å². The lowest BCUT2D eigenvalue weighted by molar-refractivity contribution is -0.687. The molecule has 2 aliphatic rings. The summed E-state index contributed by atoms with van der Waals surface area (Å²) < 4.78 is 5.70. The maximum Gasteiger partial charge on any atom is 0.352 e. The van der Waals surface area contributed by atoms with Crippen LogP contribution in [-0.4, -0.2) is 78.2 Å². The highest BCUT2D eigenvalue weighted by atomic mass is 32.2. The molecule has 2 aromatic heterocycles. The molecule has 4 heterocycles. The average molecular weight is 561 g/mol. The Balaban J connectivity index is 1.47. The van der Waals surface area contributed by atoms with Crippen LogP contribution in [0.15, 0.2) is 53.1 Å². The number of nitrogens with one attached hydrogen (secondary N) is 1. The van der Waals surface area contributed by atoms with E-state index in [1.54, 1.807) is 41.2 Å². The maximum atomic E-state index is 12.9. The van der Waals surface area contributed by atoms with Crippen LogP contribution in [0.1, 0.15) is 11.4 Å². The van der Waals surface area contributed by atoms with Gasteiger partial charge in [0.15, 0.2) is 24.1 Å².